The molecule has 0 bridgehead atoms. The zero-order chi connectivity index (χ0) is 27.0. The molecule has 1 aliphatic heterocycles. The molecule has 3 amide bonds. The van der Waals surface area contributed by atoms with Gasteiger partial charge in [-0.25, -0.2) is 9.18 Å². The Morgan fingerprint density at radius 3 is 2.17 bits per heavy atom. The zero-order valence-corrected chi connectivity index (χ0v) is 19.6. The highest BCUT2D eigenvalue weighted by atomic mass is 19.4. The number of alkyl halides is 6. The minimum Gasteiger partial charge on any atom is -0.354 e. The lowest BCUT2D eigenvalue weighted by Crippen LogP contribution is -2.45. The Hall–Kier alpha value is -3.31. The lowest BCUT2D eigenvalue weighted by atomic mass is 9.98. The number of hydrogen-bond acceptors (Lipinski definition) is 2. The number of carbonyl (C=O) groups is 2. The molecule has 0 aromatic heterocycles. The molecule has 1 saturated heterocycles. The number of halogens is 7. The van der Waals surface area contributed by atoms with Gasteiger partial charge in [-0.15, -0.1) is 0 Å². The summed E-state index contributed by atoms with van der Waals surface area (Å²) in [6.07, 6.45) is -10.1. The molecule has 5 nitrogen and oxygen atoms in total. The van der Waals surface area contributed by atoms with Crippen LogP contribution in [0.3, 0.4) is 0 Å². The fraction of sp³-hybridized carbons (Fsp3) is 0.417. The highest BCUT2D eigenvalue weighted by Crippen LogP contribution is 2.38. The molecular formula is C24H24F7N3O2. The van der Waals surface area contributed by atoms with E-state index in [0.717, 1.165) is 4.90 Å². The van der Waals surface area contributed by atoms with E-state index in [2.05, 4.69) is 5.32 Å². The number of aryl methyl sites for hydroxylation is 1. The van der Waals surface area contributed by atoms with Gasteiger partial charge in [0.2, 0.25) is 5.91 Å². The fourth-order valence-electron chi connectivity index (χ4n) is 4.12. The van der Waals surface area contributed by atoms with Crippen molar-refractivity contribution in [2.75, 3.05) is 20.1 Å². The van der Waals surface area contributed by atoms with Crippen LogP contribution in [0.4, 0.5) is 35.5 Å². The van der Waals surface area contributed by atoms with Crippen LogP contribution in [0, 0.1) is 12.7 Å². The molecule has 1 N–H and O–H groups in total. The van der Waals surface area contributed by atoms with Crippen LogP contribution in [-0.4, -0.2) is 41.9 Å². The molecule has 12 heteroatoms. The van der Waals surface area contributed by atoms with Gasteiger partial charge in [0.05, 0.1) is 23.2 Å². The molecule has 2 aromatic carbocycles. The van der Waals surface area contributed by atoms with Crippen LogP contribution >= 0.6 is 0 Å². The molecule has 3 rings (SSSR count). The van der Waals surface area contributed by atoms with Crippen LogP contribution in [-0.2, 0) is 17.1 Å². The second kappa shape index (κ2) is 9.98. The molecule has 0 saturated carbocycles. The van der Waals surface area contributed by atoms with Crippen molar-refractivity contribution in [1.82, 2.24) is 15.1 Å². The molecule has 2 aromatic rings. The van der Waals surface area contributed by atoms with E-state index < -0.39 is 47.4 Å². The van der Waals surface area contributed by atoms with E-state index in [9.17, 15) is 40.3 Å². The normalized spacial score (nSPS) is 17.9. The average Bonchev–Trinajstić information content (AvgIpc) is 2.97. The first kappa shape index (κ1) is 27.3. The van der Waals surface area contributed by atoms with Gasteiger partial charge in [-0.2, -0.15) is 26.3 Å². The van der Waals surface area contributed by atoms with Gasteiger partial charge in [0, 0.05) is 26.6 Å². The SMILES string of the molecule is Cc1cc(F)ccc1[C@H]1CNC(=O)CCN1C(=O)N(C)[C@H](C)c1cc(C(F)(F)F)cc(C(F)(F)F)c1. The summed E-state index contributed by atoms with van der Waals surface area (Å²) in [6.45, 7) is 2.88. The third kappa shape index (κ3) is 5.90. The van der Waals surface area contributed by atoms with Gasteiger partial charge in [0.25, 0.3) is 0 Å². The first-order valence-electron chi connectivity index (χ1n) is 10.9. The Balaban J connectivity index is 1.99. The molecule has 36 heavy (non-hydrogen) atoms. The summed E-state index contributed by atoms with van der Waals surface area (Å²) < 4.78 is 93.5. The van der Waals surface area contributed by atoms with Crippen molar-refractivity contribution in [2.24, 2.45) is 0 Å². The maximum Gasteiger partial charge on any atom is 0.416 e. The monoisotopic (exact) mass is 519 g/mol. The summed E-state index contributed by atoms with van der Waals surface area (Å²) >= 11 is 0. The summed E-state index contributed by atoms with van der Waals surface area (Å²) in [7, 11) is 1.26. The molecule has 0 spiro atoms. The molecule has 1 aliphatic rings. The predicted molar refractivity (Wildman–Crippen MR) is 116 cm³/mol. The van der Waals surface area contributed by atoms with E-state index >= 15 is 0 Å². The van der Waals surface area contributed by atoms with Crippen molar-refractivity contribution < 1.29 is 40.3 Å². The van der Waals surface area contributed by atoms with Crippen LogP contribution in [0.5, 0.6) is 0 Å². The van der Waals surface area contributed by atoms with E-state index in [1.165, 1.54) is 37.1 Å². The smallest absolute Gasteiger partial charge is 0.354 e. The second-order valence-corrected chi connectivity index (χ2v) is 8.67. The molecule has 0 unspecified atom stereocenters. The lowest BCUT2D eigenvalue weighted by molar-refractivity contribution is -0.143. The van der Waals surface area contributed by atoms with Gasteiger partial charge < -0.3 is 15.1 Å². The number of carbonyl (C=O) groups excluding carboxylic acids is 2. The van der Waals surface area contributed by atoms with Gasteiger partial charge in [0.1, 0.15) is 5.82 Å². The molecule has 2 atom stereocenters. The van der Waals surface area contributed by atoms with E-state index in [1.54, 1.807) is 6.92 Å². The quantitative estimate of drug-likeness (QED) is 0.518. The van der Waals surface area contributed by atoms with E-state index in [-0.39, 0.29) is 37.0 Å². The second-order valence-electron chi connectivity index (χ2n) is 8.67. The van der Waals surface area contributed by atoms with Gasteiger partial charge in [-0.1, -0.05) is 6.07 Å². The van der Waals surface area contributed by atoms with Crippen molar-refractivity contribution in [3.63, 3.8) is 0 Å². The number of benzene rings is 2. The number of hydrogen-bond donors (Lipinski definition) is 1. The highest BCUT2D eigenvalue weighted by Gasteiger charge is 2.38. The van der Waals surface area contributed by atoms with Crippen molar-refractivity contribution in [3.8, 4) is 0 Å². The van der Waals surface area contributed by atoms with Crippen molar-refractivity contribution in [1.29, 1.82) is 0 Å². The van der Waals surface area contributed by atoms with Gasteiger partial charge in [-0.05, 0) is 60.9 Å². The van der Waals surface area contributed by atoms with Crippen molar-refractivity contribution in [3.05, 3.63) is 70.0 Å². The molecule has 0 aliphatic carbocycles. The van der Waals surface area contributed by atoms with Crippen molar-refractivity contribution in [2.45, 2.75) is 44.7 Å². The molecular weight excluding hydrogens is 495 g/mol. The standard InChI is InChI=1S/C24H24F7N3O2/c1-13-8-18(25)4-5-19(13)20-12-32-21(35)6-7-34(20)22(36)33(3)14(2)15-9-16(23(26,27)28)11-17(10-15)24(29,30)31/h4-5,8-11,14,20H,6-7,12H2,1-3H3,(H,32,35)/t14-,20-/m1/s1. The Morgan fingerprint density at radius 1 is 1.06 bits per heavy atom. The third-order valence-corrected chi connectivity index (χ3v) is 6.26. The Kier molecular flexibility index (Phi) is 7.56. The Morgan fingerprint density at radius 2 is 1.64 bits per heavy atom. The average molecular weight is 519 g/mol. The maximum absolute atomic E-state index is 13.6. The van der Waals surface area contributed by atoms with Crippen LogP contribution in [0.25, 0.3) is 0 Å². The molecule has 1 fully saturated rings. The van der Waals surface area contributed by atoms with Gasteiger partial charge in [0.15, 0.2) is 0 Å². The van der Waals surface area contributed by atoms with Crippen LogP contribution in [0.1, 0.15) is 53.2 Å². The first-order valence-corrected chi connectivity index (χ1v) is 10.9. The predicted octanol–water partition coefficient (Wildman–Crippen LogP) is 5.85. The number of amides is 3. The van der Waals surface area contributed by atoms with Crippen LogP contribution in [0.2, 0.25) is 0 Å². The minimum atomic E-state index is -5.03. The van der Waals surface area contributed by atoms with Crippen LogP contribution < -0.4 is 5.32 Å². The number of rotatable bonds is 3. The molecule has 0 radical (unpaired) electrons. The number of urea groups is 1. The fourth-order valence-corrected chi connectivity index (χ4v) is 4.12. The van der Waals surface area contributed by atoms with Crippen LogP contribution in [0.15, 0.2) is 36.4 Å². The number of nitrogens with one attached hydrogen (secondary N) is 1. The minimum absolute atomic E-state index is 0.00104. The summed E-state index contributed by atoms with van der Waals surface area (Å²) in [6, 6.07) is 2.51. The lowest BCUT2D eigenvalue weighted by Gasteiger charge is -2.36. The van der Waals surface area contributed by atoms with E-state index in [4.69, 9.17) is 0 Å². The first-order chi connectivity index (χ1) is 16.6. The Bertz CT molecular complexity index is 1120. The Labute approximate surface area is 202 Å². The third-order valence-electron chi connectivity index (χ3n) is 6.26. The van der Waals surface area contributed by atoms with E-state index in [0.29, 0.717) is 23.3 Å². The van der Waals surface area contributed by atoms with Crippen molar-refractivity contribution >= 4 is 11.9 Å². The maximum atomic E-state index is 13.6. The summed E-state index contributed by atoms with van der Waals surface area (Å²) in [5.41, 5.74) is -2.26. The molecule has 196 valence electrons. The summed E-state index contributed by atoms with van der Waals surface area (Å²) in [5.74, 6) is -0.832. The molecule has 1 heterocycles. The van der Waals surface area contributed by atoms with E-state index in [1.807, 2.05) is 0 Å². The largest absolute Gasteiger partial charge is 0.416 e. The number of nitrogens with zero attached hydrogens (tertiary/aromatic N) is 2. The summed E-state index contributed by atoms with van der Waals surface area (Å²) in [5, 5.41) is 2.67. The van der Waals surface area contributed by atoms with Gasteiger partial charge >= 0.3 is 18.4 Å². The van der Waals surface area contributed by atoms with Gasteiger partial charge in [-0.3, -0.25) is 4.79 Å². The zero-order valence-electron chi connectivity index (χ0n) is 19.6. The highest BCUT2D eigenvalue weighted by molar-refractivity contribution is 5.80. The topological polar surface area (TPSA) is 52.7 Å². The summed E-state index contributed by atoms with van der Waals surface area (Å²) in [4.78, 5) is 27.8.